The smallest absolute Gasteiger partial charge is 0.338 e. The lowest BCUT2D eigenvalue weighted by Gasteiger charge is -2.21. The molecule has 2 heterocycles. The molecule has 9 heteroatoms. The van der Waals surface area contributed by atoms with E-state index in [1.165, 1.54) is 11.0 Å². The summed E-state index contributed by atoms with van der Waals surface area (Å²) in [4.78, 5) is 18.3. The number of hydrogen-bond donors (Lipinski definition) is 3. The summed E-state index contributed by atoms with van der Waals surface area (Å²) in [6.07, 6.45) is -3.40. The average molecular weight is 434 g/mol. The molecular weight excluding hydrogens is 412 g/mol. The number of pyridine rings is 1. The van der Waals surface area contributed by atoms with E-state index in [0.29, 0.717) is 27.8 Å². The summed E-state index contributed by atoms with van der Waals surface area (Å²) in [6, 6.07) is 17.8. The number of hydrogen-bond acceptors (Lipinski definition) is 8. The maximum Gasteiger partial charge on any atom is 0.338 e. The van der Waals surface area contributed by atoms with E-state index in [4.69, 9.17) is 4.74 Å². The summed E-state index contributed by atoms with van der Waals surface area (Å²) in [6.45, 7) is 1.25. The standard InChI is InChI=1S/C23H22N4O5/c1-14-11-17(16-9-5-6-10-18(16)25-14)23(31)32-13-20(28)22(30)21(29)19-12-24-27(26-19)15-7-3-2-4-8-15/h2-12,20-22,28-30H,13H2,1H3. The normalized spacial score (nSPS) is 14.1. The number of aromatic nitrogens is 4. The van der Waals surface area contributed by atoms with Crippen molar-refractivity contribution >= 4 is 16.9 Å². The van der Waals surface area contributed by atoms with Crippen molar-refractivity contribution in [1.29, 1.82) is 0 Å². The molecule has 4 aromatic rings. The summed E-state index contributed by atoms with van der Waals surface area (Å²) >= 11 is 0. The van der Waals surface area contributed by atoms with Gasteiger partial charge in [0.2, 0.25) is 0 Å². The van der Waals surface area contributed by atoms with E-state index in [-0.39, 0.29) is 5.69 Å². The van der Waals surface area contributed by atoms with Gasteiger partial charge in [-0.3, -0.25) is 4.98 Å². The fourth-order valence-corrected chi connectivity index (χ4v) is 3.30. The lowest BCUT2D eigenvalue weighted by molar-refractivity contribution is -0.0824. The second-order valence-corrected chi connectivity index (χ2v) is 7.32. The number of aryl methyl sites for hydroxylation is 1. The van der Waals surface area contributed by atoms with E-state index < -0.39 is 30.9 Å². The number of esters is 1. The molecule has 0 amide bonds. The van der Waals surface area contributed by atoms with Crippen molar-refractivity contribution in [3.05, 3.63) is 83.8 Å². The molecule has 3 atom stereocenters. The van der Waals surface area contributed by atoms with Crippen molar-refractivity contribution in [2.75, 3.05) is 6.61 Å². The third kappa shape index (κ3) is 4.50. The number of carbonyl (C=O) groups excluding carboxylic acids is 1. The van der Waals surface area contributed by atoms with Crippen LogP contribution in [-0.2, 0) is 4.74 Å². The van der Waals surface area contributed by atoms with E-state index in [0.717, 1.165) is 0 Å². The van der Waals surface area contributed by atoms with Crippen LogP contribution in [0, 0.1) is 6.92 Å². The molecule has 32 heavy (non-hydrogen) atoms. The quantitative estimate of drug-likeness (QED) is 0.375. The van der Waals surface area contributed by atoms with Crippen molar-refractivity contribution in [2.24, 2.45) is 0 Å². The van der Waals surface area contributed by atoms with Crippen molar-refractivity contribution in [3.63, 3.8) is 0 Å². The number of aliphatic hydroxyl groups is 3. The van der Waals surface area contributed by atoms with Crippen LogP contribution in [0.1, 0.15) is 27.8 Å². The van der Waals surface area contributed by atoms with Crippen LogP contribution in [0.2, 0.25) is 0 Å². The van der Waals surface area contributed by atoms with Crippen LogP contribution >= 0.6 is 0 Å². The molecule has 0 saturated heterocycles. The molecule has 9 nitrogen and oxygen atoms in total. The number of fused-ring (bicyclic) bond motifs is 1. The molecule has 0 aliphatic rings. The molecule has 0 saturated carbocycles. The number of benzene rings is 2. The van der Waals surface area contributed by atoms with Crippen molar-refractivity contribution in [2.45, 2.75) is 25.2 Å². The van der Waals surface area contributed by atoms with E-state index in [2.05, 4.69) is 15.2 Å². The van der Waals surface area contributed by atoms with Crippen LogP contribution in [0.15, 0.2) is 66.9 Å². The predicted octanol–water partition coefficient (Wildman–Crippen LogP) is 1.74. The first-order chi connectivity index (χ1) is 15.4. The number of ether oxygens (including phenoxy) is 1. The summed E-state index contributed by atoms with van der Waals surface area (Å²) in [5.41, 5.74) is 2.35. The topological polar surface area (TPSA) is 131 Å². The van der Waals surface area contributed by atoms with Crippen LogP contribution in [0.5, 0.6) is 0 Å². The zero-order valence-electron chi connectivity index (χ0n) is 17.2. The van der Waals surface area contributed by atoms with Gasteiger partial charge in [0.15, 0.2) is 0 Å². The van der Waals surface area contributed by atoms with Crippen LogP contribution in [0.25, 0.3) is 16.6 Å². The second kappa shape index (κ2) is 9.23. The fourth-order valence-electron chi connectivity index (χ4n) is 3.30. The molecule has 0 radical (unpaired) electrons. The Hall–Kier alpha value is -3.66. The third-order valence-electron chi connectivity index (χ3n) is 4.97. The van der Waals surface area contributed by atoms with E-state index in [9.17, 15) is 20.1 Å². The summed E-state index contributed by atoms with van der Waals surface area (Å²) < 4.78 is 5.21. The largest absolute Gasteiger partial charge is 0.459 e. The first-order valence-electron chi connectivity index (χ1n) is 9.99. The molecule has 164 valence electrons. The summed E-state index contributed by atoms with van der Waals surface area (Å²) in [5.74, 6) is -0.664. The van der Waals surface area contributed by atoms with Gasteiger partial charge >= 0.3 is 5.97 Å². The Morgan fingerprint density at radius 2 is 1.78 bits per heavy atom. The molecule has 0 bridgehead atoms. The molecule has 3 N–H and O–H groups in total. The van der Waals surface area contributed by atoms with Gasteiger partial charge in [-0.25, -0.2) is 4.79 Å². The van der Waals surface area contributed by atoms with Gasteiger partial charge in [-0.2, -0.15) is 15.0 Å². The van der Waals surface area contributed by atoms with Gasteiger partial charge in [-0.05, 0) is 31.2 Å². The average Bonchev–Trinajstić information content (AvgIpc) is 3.31. The summed E-state index contributed by atoms with van der Waals surface area (Å²) in [5, 5.41) is 39.9. The molecule has 3 unspecified atom stereocenters. The van der Waals surface area contributed by atoms with Crippen LogP contribution < -0.4 is 0 Å². The van der Waals surface area contributed by atoms with Gasteiger partial charge < -0.3 is 20.1 Å². The lowest BCUT2D eigenvalue weighted by Crippen LogP contribution is -2.36. The Labute approximate surface area is 183 Å². The van der Waals surface area contributed by atoms with Crippen LogP contribution in [0.3, 0.4) is 0 Å². The lowest BCUT2D eigenvalue weighted by atomic mass is 10.1. The first-order valence-corrected chi connectivity index (χ1v) is 9.99. The summed E-state index contributed by atoms with van der Waals surface area (Å²) in [7, 11) is 0. The maximum absolute atomic E-state index is 12.6. The van der Waals surface area contributed by atoms with Gasteiger partial charge in [0.25, 0.3) is 0 Å². The van der Waals surface area contributed by atoms with Crippen LogP contribution in [0.4, 0.5) is 0 Å². The predicted molar refractivity (Wildman–Crippen MR) is 115 cm³/mol. The molecule has 4 rings (SSSR count). The highest BCUT2D eigenvalue weighted by molar-refractivity contribution is 6.03. The minimum atomic E-state index is -1.64. The van der Waals surface area contributed by atoms with E-state index in [1.54, 1.807) is 43.3 Å². The molecule has 2 aromatic carbocycles. The maximum atomic E-state index is 12.6. The van der Waals surface area contributed by atoms with Crippen molar-refractivity contribution in [1.82, 2.24) is 20.0 Å². The Morgan fingerprint density at radius 3 is 2.56 bits per heavy atom. The Balaban J connectivity index is 1.41. The molecule has 0 aliphatic heterocycles. The number of aliphatic hydroxyl groups excluding tert-OH is 3. The molecule has 0 fully saturated rings. The fraction of sp³-hybridized carbons (Fsp3) is 0.217. The zero-order chi connectivity index (χ0) is 22.7. The SMILES string of the molecule is Cc1cc(C(=O)OCC(O)C(O)C(O)c2cnn(-c3ccccc3)n2)c2ccccc2n1. The molecule has 0 aliphatic carbocycles. The minimum absolute atomic E-state index is 0.0717. The highest BCUT2D eigenvalue weighted by Gasteiger charge is 2.29. The second-order valence-electron chi connectivity index (χ2n) is 7.32. The third-order valence-corrected chi connectivity index (χ3v) is 4.97. The molecule has 0 spiro atoms. The number of rotatable bonds is 7. The highest BCUT2D eigenvalue weighted by Crippen LogP contribution is 2.21. The van der Waals surface area contributed by atoms with E-state index in [1.807, 2.05) is 24.3 Å². The first kappa shape index (κ1) is 21.6. The Kier molecular flexibility index (Phi) is 6.22. The Bertz CT molecular complexity index is 1230. The number of para-hydroxylation sites is 2. The minimum Gasteiger partial charge on any atom is -0.459 e. The zero-order valence-corrected chi connectivity index (χ0v) is 17.2. The number of carbonyl (C=O) groups is 1. The monoisotopic (exact) mass is 434 g/mol. The van der Waals surface area contributed by atoms with Gasteiger partial charge in [0.05, 0.1) is 23.0 Å². The van der Waals surface area contributed by atoms with Gasteiger partial charge in [0, 0.05) is 11.1 Å². The van der Waals surface area contributed by atoms with Crippen LogP contribution in [-0.4, -0.2) is 60.1 Å². The van der Waals surface area contributed by atoms with Crippen molar-refractivity contribution in [3.8, 4) is 5.69 Å². The van der Waals surface area contributed by atoms with E-state index >= 15 is 0 Å². The Morgan fingerprint density at radius 1 is 1.06 bits per heavy atom. The number of nitrogens with zero attached hydrogens (tertiary/aromatic N) is 4. The van der Waals surface area contributed by atoms with Gasteiger partial charge in [0.1, 0.15) is 30.6 Å². The highest BCUT2D eigenvalue weighted by atomic mass is 16.5. The molecular formula is C23H22N4O5. The molecule has 2 aromatic heterocycles. The van der Waals surface area contributed by atoms with Gasteiger partial charge in [-0.1, -0.05) is 36.4 Å². The van der Waals surface area contributed by atoms with Gasteiger partial charge in [-0.15, -0.1) is 0 Å². The van der Waals surface area contributed by atoms with Crippen molar-refractivity contribution < 1.29 is 24.9 Å².